The van der Waals surface area contributed by atoms with Crippen molar-refractivity contribution in [3.63, 3.8) is 0 Å². The predicted molar refractivity (Wildman–Crippen MR) is 351 cm³/mol. The van der Waals surface area contributed by atoms with E-state index >= 15 is 0 Å². The number of carbonyl (C=O) groups is 2. The number of rotatable bonds is 62. The minimum Gasteiger partial charge on any atom is -0.456 e. The number of nitrogens with zero attached hydrogens (tertiary/aromatic N) is 1. The van der Waals surface area contributed by atoms with Crippen LogP contribution in [0.15, 0.2) is 72.9 Å². The highest BCUT2D eigenvalue weighted by atomic mass is 31.2. The summed E-state index contributed by atoms with van der Waals surface area (Å²) in [6, 6.07) is -0.856. The van der Waals surface area contributed by atoms with Crippen LogP contribution in [0, 0.1) is 0 Å². The Hall–Kier alpha value is -2.55. The van der Waals surface area contributed by atoms with Crippen LogP contribution in [0.5, 0.6) is 0 Å². The van der Waals surface area contributed by atoms with Gasteiger partial charge in [-0.15, -0.1) is 0 Å². The van der Waals surface area contributed by atoms with E-state index in [1.165, 1.54) is 193 Å². The van der Waals surface area contributed by atoms with E-state index in [0.29, 0.717) is 17.4 Å². The zero-order chi connectivity index (χ0) is 59.3. The Kier molecular flexibility index (Phi) is 58.7. The maximum atomic E-state index is 13.6. The Labute approximate surface area is 502 Å². The van der Waals surface area contributed by atoms with Crippen LogP contribution >= 0.6 is 7.82 Å². The van der Waals surface area contributed by atoms with Gasteiger partial charge in [-0.2, -0.15) is 0 Å². The van der Waals surface area contributed by atoms with E-state index in [1.54, 1.807) is 0 Å². The van der Waals surface area contributed by atoms with Gasteiger partial charge >= 0.3 is 13.8 Å². The number of phosphoric acid groups is 1. The van der Waals surface area contributed by atoms with E-state index in [2.05, 4.69) is 86.8 Å². The van der Waals surface area contributed by atoms with Crippen molar-refractivity contribution in [1.82, 2.24) is 5.32 Å². The second-order valence-electron chi connectivity index (χ2n) is 24.3. The number of phosphoric ester groups is 1. The molecule has 0 radical (unpaired) electrons. The van der Waals surface area contributed by atoms with Crippen molar-refractivity contribution in [2.75, 3.05) is 40.9 Å². The maximum absolute atomic E-state index is 13.6. The molecule has 10 heteroatoms. The second kappa shape index (κ2) is 60.6. The molecule has 0 bridgehead atoms. The minimum atomic E-state index is -4.46. The Morgan fingerprint density at radius 1 is 0.432 bits per heavy atom. The average Bonchev–Trinajstić information content (AvgIpc) is 3.44. The number of quaternary nitrogens is 1. The fourth-order valence-electron chi connectivity index (χ4n) is 9.80. The number of amides is 1. The van der Waals surface area contributed by atoms with Crippen molar-refractivity contribution in [2.45, 2.75) is 328 Å². The number of esters is 1. The van der Waals surface area contributed by atoms with Crippen LogP contribution in [0.4, 0.5) is 0 Å². The molecule has 0 heterocycles. The van der Waals surface area contributed by atoms with Gasteiger partial charge in [-0.3, -0.25) is 18.6 Å². The van der Waals surface area contributed by atoms with E-state index in [-0.39, 0.29) is 31.5 Å². The molecule has 9 nitrogen and oxygen atoms in total. The number of ether oxygens (including phenoxy) is 1. The summed E-state index contributed by atoms with van der Waals surface area (Å²) in [6.45, 7) is 6.99. The van der Waals surface area contributed by atoms with Gasteiger partial charge in [-0.05, 0) is 102 Å². The molecule has 3 unspecified atom stereocenters. The van der Waals surface area contributed by atoms with E-state index in [0.717, 1.165) is 89.9 Å². The first-order chi connectivity index (χ1) is 39.4. The summed E-state index contributed by atoms with van der Waals surface area (Å²) in [6.07, 6.45) is 79.0. The minimum absolute atomic E-state index is 0.0367. The lowest BCUT2D eigenvalue weighted by molar-refractivity contribution is -0.870. The fraction of sp³-hybridized carbons (Fsp3) is 0.803. The third kappa shape index (κ3) is 61.8. The van der Waals surface area contributed by atoms with Gasteiger partial charge in [0.15, 0.2) is 0 Å². The van der Waals surface area contributed by atoms with Crippen molar-refractivity contribution in [3.8, 4) is 0 Å². The predicted octanol–water partition coefficient (Wildman–Crippen LogP) is 21.6. The summed E-state index contributed by atoms with van der Waals surface area (Å²) in [5, 5.41) is 3.06. The lowest BCUT2D eigenvalue weighted by Gasteiger charge is -2.27. The number of allylic oxidation sites excluding steroid dienone is 11. The lowest BCUT2D eigenvalue weighted by Crippen LogP contribution is -2.47. The summed E-state index contributed by atoms with van der Waals surface area (Å²) in [4.78, 5) is 37.8. The Morgan fingerprint density at radius 2 is 0.753 bits per heavy atom. The van der Waals surface area contributed by atoms with Gasteiger partial charge in [0.1, 0.15) is 19.3 Å². The quantitative estimate of drug-likeness (QED) is 0.0205. The average molecular weight is 1160 g/mol. The Balaban J connectivity index is 5.11. The van der Waals surface area contributed by atoms with E-state index < -0.39 is 20.0 Å². The summed E-state index contributed by atoms with van der Waals surface area (Å²) in [7, 11) is 1.49. The first kappa shape index (κ1) is 78.5. The molecule has 0 spiro atoms. The fourth-order valence-corrected chi connectivity index (χ4v) is 10.5. The molecule has 0 aliphatic heterocycles. The number of nitrogens with one attached hydrogen (secondary N) is 1. The number of hydrogen-bond donors (Lipinski definition) is 2. The van der Waals surface area contributed by atoms with Crippen LogP contribution in [0.25, 0.3) is 0 Å². The summed E-state index contributed by atoms with van der Waals surface area (Å²) in [5.41, 5.74) is 0. The molecular formula is C71H132N2O7P+. The number of likely N-dealkylation sites (N-methyl/N-ethyl adjacent to an activating group) is 1. The van der Waals surface area contributed by atoms with Gasteiger partial charge in [-0.1, -0.05) is 274 Å². The summed E-state index contributed by atoms with van der Waals surface area (Å²) >= 11 is 0. The molecule has 0 aromatic carbocycles. The number of carbonyl (C=O) groups excluding carboxylic acids is 2. The van der Waals surface area contributed by atoms with Crippen LogP contribution in [-0.4, -0.2) is 74.3 Å². The smallest absolute Gasteiger partial charge is 0.456 e. The van der Waals surface area contributed by atoms with Crippen LogP contribution in [0.2, 0.25) is 0 Å². The highest BCUT2D eigenvalue weighted by Gasteiger charge is 2.30. The van der Waals surface area contributed by atoms with Gasteiger partial charge in [-0.25, -0.2) is 4.57 Å². The molecule has 0 aromatic rings. The van der Waals surface area contributed by atoms with Crippen molar-refractivity contribution in [1.29, 1.82) is 0 Å². The third-order valence-corrected chi connectivity index (χ3v) is 16.1. The van der Waals surface area contributed by atoms with Crippen LogP contribution in [0.3, 0.4) is 0 Å². The standard InChI is InChI=1S/C71H131N2O7P/c1-7-10-13-16-19-22-25-27-29-31-33-35-36-38-40-42-44-46-49-52-55-58-61-64-71(75)80-69(62-59-56-53-50-47-24-21-18-15-12-9-3)68(67-79-81(76,77)78-66-65-73(4,5)6)72-70(74)63-60-57-54-51-48-45-43-41-39-37-34-32-30-28-26-23-20-17-14-11-8-2/h19,22,27-30,33,35,38,40,59,62,68-69H,7-18,20-21,23-26,31-32,34,36-37,39,41-58,60-61,63-67H2,1-6H3,(H-,72,74,76,77)/p+1/b22-19-,29-27-,30-28+,35-33-,40-38-,62-59+. The zero-order valence-corrected chi connectivity index (χ0v) is 54.9. The van der Waals surface area contributed by atoms with Crippen molar-refractivity contribution < 1.29 is 37.3 Å². The molecule has 0 saturated heterocycles. The molecule has 0 aromatic heterocycles. The van der Waals surface area contributed by atoms with Crippen LogP contribution in [0.1, 0.15) is 316 Å². The van der Waals surface area contributed by atoms with E-state index in [4.69, 9.17) is 13.8 Å². The molecule has 472 valence electrons. The molecule has 0 fully saturated rings. The lowest BCUT2D eigenvalue weighted by atomic mass is 10.0. The van der Waals surface area contributed by atoms with Crippen molar-refractivity contribution in [3.05, 3.63) is 72.9 Å². The highest BCUT2D eigenvalue weighted by Crippen LogP contribution is 2.43. The SMILES string of the molecule is CCCCC/C=C\C/C=C\C/C=C\C/C=C\CCCCCCCCCC(=O)OC(/C=C/CCCCCCCCCCC)C(COP(=O)(O)OCC[N+](C)(C)C)NC(=O)CCCCCCCCCCCCC/C=C/CCCCCCCC. The topological polar surface area (TPSA) is 111 Å². The zero-order valence-electron chi connectivity index (χ0n) is 54.0. The maximum Gasteiger partial charge on any atom is 0.472 e. The molecule has 0 saturated carbocycles. The van der Waals surface area contributed by atoms with Crippen LogP contribution < -0.4 is 5.32 Å². The van der Waals surface area contributed by atoms with E-state index in [9.17, 15) is 19.0 Å². The summed E-state index contributed by atoms with van der Waals surface area (Å²) in [5.74, 6) is -0.512. The number of unbranched alkanes of at least 4 members (excludes halogenated alkanes) is 36. The Morgan fingerprint density at radius 3 is 1.16 bits per heavy atom. The van der Waals surface area contributed by atoms with E-state index in [1.807, 2.05) is 33.3 Å². The first-order valence-electron chi connectivity index (χ1n) is 34.3. The number of hydrogen-bond acceptors (Lipinski definition) is 6. The van der Waals surface area contributed by atoms with Gasteiger partial charge in [0.2, 0.25) is 5.91 Å². The molecule has 0 aliphatic carbocycles. The molecule has 1 amide bonds. The molecule has 0 rings (SSSR count). The highest BCUT2D eigenvalue weighted by molar-refractivity contribution is 7.47. The molecule has 3 atom stereocenters. The molecule has 0 aliphatic rings. The van der Waals surface area contributed by atoms with Gasteiger partial charge in [0, 0.05) is 12.8 Å². The summed E-state index contributed by atoms with van der Waals surface area (Å²) < 4.78 is 30.8. The second-order valence-corrected chi connectivity index (χ2v) is 25.8. The van der Waals surface area contributed by atoms with Crippen molar-refractivity contribution in [2.24, 2.45) is 0 Å². The van der Waals surface area contributed by atoms with Gasteiger partial charge in [0.05, 0.1) is 33.8 Å². The van der Waals surface area contributed by atoms with Gasteiger partial charge in [0.25, 0.3) is 0 Å². The molecular weight excluding hydrogens is 1020 g/mol. The Bertz CT molecular complexity index is 1620. The van der Waals surface area contributed by atoms with Crippen molar-refractivity contribution >= 4 is 19.7 Å². The normalized spacial score (nSPS) is 14.0. The van der Waals surface area contributed by atoms with Gasteiger partial charge < -0.3 is 19.4 Å². The third-order valence-electron chi connectivity index (χ3n) is 15.1. The first-order valence-corrected chi connectivity index (χ1v) is 35.8. The molecule has 2 N–H and O–H groups in total. The largest absolute Gasteiger partial charge is 0.472 e. The monoisotopic (exact) mass is 1160 g/mol. The van der Waals surface area contributed by atoms with Crippen LogP contribution in [-0.2, 0) is 27.9 Å². The molecule has 81 heavy (non-hydrogen) atoms.